The fourth-order valence-electron chi connectivity index (χ4n) is 2.10. The normalized spacial score (nSPS) is 19.8. The van der Waals surface area contributed by atoms with Crippen LogP contribution < -0.4 is 0 Å². The van der Waals surface area contributed by atoms with Gasteiger partial charge in [0, 0.05) is 0 Å². The fraction of sp³-hybridized carbons (Fsp3) is 0.900. The van der Waals surface area contributed by atoms with Gasteiger partial charge in [-0.1, -0.05) is 13.8 Å². The number of aldehydes is 1. The van der Waals surface area contributed by atoms with Crippen molar-refractivity contribution in [1.29, 1.82) is 0 Å². The summed E-state index contributed by atoms with van der Waals surface area (Å²) in [5.74, 6) is 0. The van der Waals surface area contributed by atoms with Crippen molar-refractivity contribution in [2.75, 3.05) is 13.1 Å². The Bertz CT molecular complexity index is 146. The molecule has 0 atom stereocenters. The topological polar surface area (TPSA) is 20.3 Å². The molecule has 1 rings (SSSR count). The highest BCUT2D eigenvalue weighted by Gasteiger charge is 2.34. The maximum absolute atomic E-state index is 11.0. The Hall–Kier alpha value is -0.370. The van der Waals surface area contributed by atoms with Crippen LogP contribution in [0.1, 0.15) is 39.5 Å². The summed E-state index contributed by atoms with van der Waals surface area (Å²) < 4.78 is 0. The molecule has 1 aliphatic heterocycles. The van der Waals surface area contributed by atoms with Crippen LogP contribution in [0.25, 0.3) is 0 Å². The molecule has 70 valence electrons. The molecule has 0 aliphatic carbocycles. The molecule has 0 spiro atoms. The summed E-state index contributed by atoms with van der Waals surface area (Å²) >= 11 is 0. The van der Waals surface area contributed by atoms with Gasteiger partial charge in [0.25, 0.3) is 0 Å². The molecule has 12 heavy (non-hydrogen) atoms. The van der Waals surface area contributed by atoms with Gasteiger partial charge in [0.05, 0.1) is 5.54 Å². The second-order valence-electron chi connectivity index (χ2n) is 3.62. The van der Waals surface area contributed by atoms with Gasteiger partial charge in [-0.25, -0.2) is 0 Å². The van der Waals surface area contributed by atoms with Crippen molar-refractivity contribution in [3.05, 3.63) is 0 Å². The van der Waals surface area contributed by atoms with Crippen LogP contribution in [-0.2, 0) is 4.79 Å². The molecule has 2 heteroatoms. The van der Waals surface area contributed by atoms with Crippen LogP contribution in [0.5, 0.6) is 0 Å². The Labute approximate surface area is 74.9 Å². The average molecular weight is 169 g/mol. The van der Waals surface area contributed by atoms with E-state index in [0.29, 0.717) is 0 Å². The van der Waals surface area contributed by atoms with Gasteiger partial charge in [-0.05, 0) is 38.8 Å². The van der Waals surface area contributed by atoms with E-state index in [1.165, 1.54) is 12.8 Å². The van der Waals surface area contributed by atoms with Crippen LogP contribution in [0, 0.1) is 0 Å². The molecule has 1 aliphatic rings. The fourth-order valence-corrected chi connectivity index (χ4v) is 2.10. The van der Waals surface area contributed by atoms with Crippen LogP contribution in [-0.4, -0.2) is 29.8 Å². The van der Waals surface area contributed by atoms with Gasteiger partial charge >= 0.3 is 0 Å². The maximum Gasteiger partial charge on any atom is 0.140 e. The molecule has 0 radical (unpaired) electrons. The van der Waals surface area contributed by atoms with E-state index in [1.54, 1.807) is 0 Å². The van der Waals surface area contributed by atoms with Crippen LogP contribution in [0.2, 0.25) is 0 Å². The molecule has 0 saturated carbocycles. The Morgan fingerprint density at radius 3 is 2.08 bits per heavy atom. The van der Waals surface area contributed by atoms with Crippen molar-refractivity contribution >= 4 is 6.29 Å². The minimum atomic E-state index is -0.142. The number of carbonyl (C=O) groups is 1. The van der Waals surface area contributed by atoms with Gasteiger partial charge in [0.1, 0.15) is 6.29 Å². The summed E-state index contributed by atoms with van der Waals surface area (Å²) in [6.45, 7) is 6.44. The highest BCUT2D eigenvalue weighted by atomic mass is 16.1. The molecule has 0 bridgehead atoms. The van der Waals surface area contributed by atoms with E-state index in [4.69, 9.17) is 0 Å². The van der Waals surface area contributed by atoms with E-state index < -0.39 is 0 Å². The maximum atomic E-state index is 11.0. The monoisotopic (exact) mass is 169 g/mol. The lowest BCUT2D eigenvalue weighted by molar-refractivity contribution is -0.118. The first-order chi connectivity index (χ1) is 5.79. The van der Waals surface area contributed by atoms with E-state index >= 15 is 0 Å². The Morgan fingerprint density at radius 2 is 1.75 bits per heavy atom. The van der Waals surface area contributed by atoms with E-state index in [9.17, 15) is 4.79 Å². The van der Waals surface area contributed by atoms with E-state index in [0.717, 1.165) is 32.2 Å². The van der Waals surface area contributed by atoms with Gasteiger partial charge in [-0.2, -0.15) is 0 Å². The highest BCUT2D eigenvalue weighted by Crippen LogP contribution is 2.25. The predicted octanol–water partition coefficient (Wildman–Crippen LogP) is 1.84. The first-order valence-corrected chi connectivity index (χ1v) is 5.00. The van der Waals surface area contributed by atoms with Crippen molar-refractivity contribution < 1.29 is 4.79 Å². The summed E-state index contributed by atoms with van der Waals surface area (Å²) in [5.41, 5.74) is -0.142. The lowest BCUT2D eigenvalue weighted by Gasteiger charge is -2.35. The number of carbonyl (C=O) groups excluding carboxylic acids is 1. The smallest absolute Gasteiger partial charge is 0.140 e. The minimum absolute atomic E-state index is 0.142. The molecular weight excluding hydrogens is 150 g/mol. The van der Waals surface area contributed by atoms with Crippen LogP contribution in [0.3, 0.4) is 0 Å². The largest absolute Gasteiger partial charge is 0.301 e. The van der Waals surface area contributed by atoms with Crippen molar-refractivity contribution in [2.24, 2.45) is 0 Å². The standard InChI is InChI=1S/C10H19NO/c1-3-10(4-2,9-12)11-7-5-6-8-11/h9H,3-8H2,1-2H3. The minimum Gasteiger partial charge on any atom is -0.301 e. The van der Waals surface area contributed by atoms with Crippen molar-refractivity contribution in [1.82, 2.24) is 4.90 Å². The number of nitrogens with zero attached hydrogens (tertiary/aromatic N) is 1. The van der Waals surface area contributed by atoms with Gasteiger partial charge in [-0.3, -0.25) is 4.90 Å². The van der Waals surface area contributed by atoms with Crippen LogP contribution >= 0.6 is 0 Å². The summed E-state index contributed by atoms with van der Waals surface area (Å²) in [7, 11) is 0. The molecule has 0 N–H and O–H groups in total. The van der Waals surface area contributed by atoms with Crippen LogP contribution in [0.4, 0.5) is 0 Å². The molecular formula is C10H19NO. The van der Waals surface area contributed by atoms with E-state index in [-0.39, 0.29) is 5.54 Å². The third-order valence-corrected chi connectivity index (χ3v) is 3.18. The molecule has 0 unspecified atom stereocenters. The van der Waals surface area contributed by atoms with E-state index in [1.807, 2.05) is 0 Å². The first kappa shape index (κ1) is 9.72. The molecule has 1 saturated heterocycles. The van der Waals surface area contributed by atoms with Gasteiger partial charge in [0.2, 0.25) is 0 Å². The van der Waals surface area contributed by atoms with Crippen molar-refractivity contribution in [3.8, 4) is 0 Å². The van der Waals surface area contributed by atoms with E-state index in [2.05, 4.69) is 18.7 Å². The van der Waals surface area contributed by atoms with Gasteiger partial charge in [0.15, 0.2) is 0 Å². The number of hydrogen-bond acceptors (Lipinski definition) is 2. The highest BCUT2D eigenvalue weighted by molar-refractivity contribution is 5.64. The summed E-state index contributed by atoms with van der Waals surface area (Å²) in [6, 6.07) is 0. The summed E-state index contributed by atoms with van der Waals surface area (Å²) in [4.78, 5) is 13.4. The summed E-state index contributed by atoms with van der Waals surface area (Å²) in [6.07, 6.45) is 5.57. The zero-order valence-electron chi connectivity index (χ0n) is 8.18. The number of likely N-dealkylation sites (tertiary alicyclic amines) is 1. The van der Waals surface area contributed by atoms with Crippen LogP contribution in [0.15, 0.2) is 0 Å². The molecule has 0 amide bonds. The molecule has 0 aromatic rings. The Kier molecular flexibility index (Phi) is 3.27. The van der Waals surface area contributed by atoms with Gasteiger partial charge in [-0.15, -0.1) is 0 Å². The first-order valence-electron chi connectivity index (χ1n) is 5.00. The Morgan fingerprint density at radius 1 is 1.25 bits per heavy atom. The summed E-state index contributed by atoms with van der Waals surface area (Å²) in [5, 5.41) is 0. The zero-order chi connectivity index (χ0) is 9.03. The number of rotatable bonds is 4. The molecule has 0 aromatic heterocycles. The van der Waals surface area contributed by atoms with Crippen molar-refractivity contribution in [2.45, 2.75) is 45.1 Å². The number of hydrogen-bond donors (Lipinski definition) is 0. The zero-order valence-corrected chi connectivity index (χ0v) is 8.18. The third kappa shape index (κ3) is 1.53. The van der Waals surface area contributed by atoms with Crippen molar-refractivity contribution in [3.63, 3.8) is 0 Å². The second kappa shape index (κ2) is 4.04. The molecule has 1 heterocycles. The third-order valence-electron chi connectivity index (χ3n) is 3.18. The average Bonchev–Trinajstić information content (AvgIpc) is 2.62. The second-order valence-corrected chi connectivity index (χ2v) is 3.62. The molecule has 1 fully saturated rings. The lowest BCUT2D eigenvalue weighted by Crippen LogP contribution is -2.47. The van der Waals surface area contributed by atoms with Gasteiger partial charge < -0.3 is 4.79 Å². The lowest BCUT2D eigenvalue weighted by atomic mass is 9.93. The Balaban J connectivity index is 2.68. The SMILES string of the molecule is CCC(C=O)(CC)N1CCCC1. The quantitative estimate of drug-likeness (QED) is 0.598. The molecule has 0 aromatic carbocycles. The molecule has 2 nitrogen and oxygen atoms in total. The predicted molar refractivity (Wildman–Crippen MR) is 50.2 cm³/mol.